The van der Waals surface area contributed by atoms with Gasteiger partial charge >= 0.3 is 0 Å². The molecule has 0 aliphatic heterocycles. The van der Waals surface area contributed by atoms with Crippen LogP contribution in [0.5, 0.6) is 0 Å². The summed E-state index contributed by atoms with van der Waals surface area (Å²) in [5, 5.41) is 10.3. The van der Waals surface area contributed by atoms with E-state index in [0.29, 0.717) is 0 Å². The van der Waals surface area contributed by atoms with Gasteiger partial charge in [0.1, 0.15) is 0 Å². The molecule has 0 saturated carbocycles. The minimum atomic E-state index is -0.0861. The van der Waals surface area contributed by atoms with Crippen molar-refractivity contribution in [2.75, 3.05) is 0 Å². The van der Waals surface area contributed by atoms with E-state index in [-0.39, 0.29) is 5.41 Å². The van der Waals surface area contributed by atoms with Crippen LogP contribution in [0.4, 0.5) is 0 Å². The lowest BCUT2D eigenvalue weighted by Gasteiger charge is -2.23. The molecule has 0 unspecified atom stereocenters. The number of fused-ring (bicyclic) bond motifs is 9. The lowest BCUT2D eigenvalue weighted by Crippen LogP contribution is -2.14. The third-order valence-corrected chi connectivity index (χ3v) is 12.8. The molecule has 10 aromatic carbocycles. The fourth-order valence-electron chi connectivity index (χ4n) is 10.3. The van der Waals surface area contributed by atoms with Crippen molar-refractivity contribution in [3.63, 3.8) is 0 Å². The highest BCUT2D eigenvalue weighted by molar-refractivity contribution is 6.27. The van der Waals surface area contributed by atoms with E-state index in [0.717, 1.165) is 0 Å². The van der Waals surface area contributed by atoms with Gasteiger partial charge in [0, 0.05) is 5.41 Å². The lowest BCUT2D eigenvalue weighted by molar-refractivity contribution is 0.660. The van der Waals surface area contributed by atoms with E-state index in [1.165, 1.54) is 121 Å². The fraction of sp³-hybridized carbons (Fsp3) is 0.0545. The molecule has 256 valence electrons. The van der Waals surface area contributed by atoms with Crippen molar-refractivity contribution in [3.8, 4) is 66.8 Å². The van der Waals surface area contributed by atoms with E-state index >= 15 is 0 Å². The summed E-state index contributed by atoms with van der Waals surface area (Å²) >= 11 is 0. The molecule has 0 saturated heterocycles. The SMILES string of the molecule is CC1(C)c2ccccc2-c2ccc(-c3c4ccccc4c(-c4ccc5c6c(cccc46)-c4ccccc4-5)c4cc(-c5cccc6ccccc56)ccc34)cc21. The molecule has 2 aliphatic carbocycles. The van der Waals surface area contributed by atoms with Crippen molar-refractivity contribution in [2.45, 2.75) is 19.3 Å². The minimum Gasteiger partial charge on any atom is -0.0619 e. The molecule has 0 radical (unpaired) electrons. The van der Waals surface area contributed by atoms with Gasteiger partial charge in [-0.05, 0) is 133 Å². The van der Waals surface area contributed by atoms with Crippen LogP contribution in [0.25, 0.3) is 110 Å². The first kappa shape index (κ1) is 30.7. The Kier molecular flexibility index (Phi) is 6.21. The fourth-order valence-corrected chi connectivity index (χ4v) is 10.3. The maximum Gasteiger partial charge on any atom is 0.0159 e. The third kappa shape index (κ3) is 4.17. The van der Waals surface area contributed by atoms with Crippen molar-refractivity contribution in [2.24, 2.45) is 0 Å². The second-order valence-corrected chi connectivity index (χ2v) is 15.9. The Morgan fingerprint density at radius 1 is 0.291 bits per heavy atom. The first-order valence-electron chi connectivity index (χ1n) is 19.4. The van der Waals surface area contributed by atoms with Gasteiger partial charge in [-0.1, -0.05) is 184 Å². The summed E-state index contributed by atoms with van der Waals surface area (Å²) in [5.41, 5.74) is 18.3. The van der Waals surface area contributed by atoms with Gasteiger partial charge in [0.15, 0.2) is 0 Å². The Balaban J connectivity index is 1.20. The summed E-state index contributed by atoms with van der Waals surface area (Å²) in [4.78, 5) is 0. The van der Waals surface area contributed by atoms with Gasteiger partial charge < -0.3 is 0 Å². The molecule has 55 heavy (non-hydrogen) atoms. The minimum absolute atomic E-state index is 0.0861. The van der Waals surface area contributed by atoms with E-state index < -0.39 is 0 Å². The Hall–Kier alpha value is -6.76. The van der Waals surface area contributed by atoms with Crippen molar-refractivity contribution in [3.05, 3.63) is 193 Å². The Morgan fingerprint density at radius 2 is 0.818 bits per heavy atom. The molecule has 2 aliphatic rings. The molecular formula is C55H36. The standard InChI is InChI=1S/C55H36/c1-55(2)50-24-10-9-18-40(50)41-27-26-35(32-51(41)55)52-43-19-7-8-20-44(43)54(47-30-29-46-39-17-6-5-16-38(39)42-22-12-23-45(47)53(42)46)49-31-34(25-28-48(49)52)37-21-11-14-33-13-3-4-15-36(33)37/h3-32H,1-2H3. The van der Waals surface area contributed by atoms with Gasteiger partial charge in [0.25, 0.3) is 0 Å². The van der Waals surface area contributed by atoms with Crippen molar-refractivity contribution >= 4 is 43.1 Å². The van der Waals surface area contributed by atoms with Crippen molar-refractivity contribution in [1.29, 1.82) is 0 Å². The van der Waals surface area contributed by atoms with E-state index in [4.69, 9.17) is 0 Å². The van der Waals surface area contributed by atoms with Crippen molar-refractivity contribution in [1.82, 2.24) is 0 Å². The van der Waals surface area contributed by atoms with Crippen LogP contribution in [-0.2, 0) is 5.41 Å². The van der Waals surface area contributed by atoms with Crippen LogP contribution in [0.15, 0.2) is 182 Å². The van der Waals surface area contributed by atoms with E-state index in [9.17, 15) is 0 Å². The summed E-state index contributed by atoms with van der Waals surface area (Å²) in [6, 6.07) is 68.5. The molecule has 12 rings (SSSR count). The Morgan fingerprint density at radius 3 is 1.65 bits per heavy atom. The number of hydrogen-bond donors (Lipinski definition) is 0. The van der Waals surface area contributed by atoms with E-state index in [1.54, 1.807) is 0 Å². The maximum atomic E-state index is 2.49. The summed E-state index contributed by atoms with van der Waals surface area (Å²) in [7, 11) is 0. The summed E-state index contributed by atoms with van der Waals surface area (Å²) in [5.74, 6) is 0. The number of hydrogen-bond acceptors (Lipinski definition) is 0. The van der Waals surface area contributed by atoms with Crippen LogP contribution in [0.3, 0.4) is 0 Å². The van der Waals surface area contributed by atoms with Gasteiger partial charge in [0.2, 0.25) is 0 Å². The smallest absolute Gasteiger partial charge is 0.0159 e. The topological polar surface area (TPSA) is 0 Å². The molecule has 0 atom stereocenters. The van der Waals surface area contributed by atoms with Crippen LogP contribution in [0, 0.1) is 0 Å². The van der Waals surface area contributed by atoms with Gasteiger partial charge in [0.05, 0.1) is 0 Å². The first-order chi connectivity index (χ1) is 27.1. The van der Waals surface area contributed by atoms with Crippen molar-refractivity contribution < 1.29 is 0 Å². The zero-order valence-corrected chi connectivity index (χ0v) is 30.8. The molecule has 0 heteroatoms. The van der Waals surface area contributed by atoms with Crippen LogP contribution in [0.1, 0.15) is 25.0 Å². The highest BCUT2D eigenvalue weighted by atomic mass is 14.4. The average molecular weight is 697 g/mol. The second kappa shape index (κ2) is 11.1. The molecule has 0 bridgehead atoms. The molecule has 0 fully saturated rings. The summed E-state index contributed by atoms with van der Waals surface area (Å²) in [6.45, 7) is 4.76. The quantitative estimate of drug-likeness (QED) is 0.161. The normalized spacial score (nSPS) is 13.4. The zero-order valence-electron chi connectivity index (χ0n) is 30.8. The van der Waals surface area contributed by atoms with E-state index in [2.05, 4.69) is 196 Å². The van der Waals surface area contributed by atoms with Crippen LogP contribution < -0.4 is 0 Å². The first-order valence-corrected chi connectivity index (χ1v) is 19.4. The number of rotatable bonds is 3. The largest absolute Gasteiger partial charge is 0.0619 e. The van der Waals surface area contributed by atoms with Gasteiger partial charge in [-0.15, -0.1) is 0 Å². The monoisotopic (exact) mass is 696 g/mol. The predicted molar refractivity (Wildman–Crippen MR) is 235 cm³/mol. The molecule has 0 amide bonds. The lowest BCUT2D eigenvalue weighted by atomic mass is 9.80. The molecule has 0 nitrogen and oxygen atoms in total. The maximum absolute atomic E-state index is 2.49. The molecule has 0 N–H and O–H groups in total. The molecular weight excluding hydrogens is 661 g/mol. The van der Waals surface area contributed by atoms with Crippen LogP contribution >= 0.6 is 0 Å². The van der Waals surface area contributed by atoms with Gasteiger partial charge in [-0.2, -0.15) is 0 Å². The van der Waals surface area contributed by atoms with Gasteiger partial charge in [-0.3, -0.25) is 0 Å². The summed E-state index contributed by atoms with van der Waals surface area (Å²) < 4.78 is 0. The number of benzene rings is 10. The van der Waals surface area contributed by atoms with E-state index in [1.807, 2.05) is 0 Å². The van der Waals surface area contributed by atoms with Crippen LogP contribution in [0.2, 0.25) is 0 Å². The van der Waals surface area contributed by atoms with Gasteiger partial charge in [-0.25, -0.2) is 0 Å². The molecule has 0 heterocycles. The van der Waals surface area contributed by atoms with Crippen LogP contribution in [-0.4, -0.2) is 0 Å². The molecule has 0 spiro atoms. The average Bonchev–Trinajstić information content (AvgIpc) is 3.68. The Labute approximate surface area is 321 Å². The third-order valence-electron chi connectivity index (χ3n) is 12.8. The highest BCUT2D eigenvalue weighted by Gasteiger charge is 2.35. The highest BCUT2D eigenvalue weighted by Crippen LogP contribution is 2.54. The molecule has 10 aromatic rings. The summed E-state index contributed by atoms with van der Waals surface area (Å²) in [6.07, 6.45) is 0. The second-order valence-electron chi connectivity index (χ2n) is 15.9. The predicted octanol–water partition coefficient (Wildman–Crippen LogP) is 15.3. The Bertz CT molecular complexity index is 3250. The molecule has 0 aromatic heterocycles. The zero-order chi connectivity index (χ0) is 36.4.